The van der Waals surface area contributed by atoms with E-state index in [9.17, 15) is 9.90 Å². The van der Waals surface area contributed by atoms with Gasteiger partial charge in [-0.15, -0.1) is 11.8 Å². The molecule has 4 rings (SSSR count). The monoisotopic (exact) mass is 552 g/mol. The van der Waals surface area contributed by atoms with Gasteiger partial charge in [0.15, 0.2) is 5.78 Å². The summed E-state index contributed by atoms with van der Waals surface area (Å²) < 4.78 is 12.0. The minimum absolute atomic E-state index is 0.00434. The van der Waals surface area contributed by atoms with Gasteiger partial charge in [0.2, 0.25) is 0 Å². The summed E-state index contributed by atoms with van der Waals surface area (Å²) in [6.45, 7) is 4.88. The SMILES string of the molecule is CCCC1CC(CSc2cccc(CCO)c2)OC(c2ccc(Cl)c(Cc3ccc(OCC)cc3)c2)C1=O. The van der Waals surface area contributed by atoms with Gasteiger partial charge in [0.25, 0.3) is 0 Å². The molecule has 3 unspecified atom stereocenters. The zero-order valence-corrected chi connectivity index (χ0v) is 23.8. The van der Waals surface area contributed by atoms with Crippen molar-refractivity contribution < 1.29 is 19.4 Å². The van der Waals surface area contributed by atoms with Crippen molar-refractivity contribution in [3.8, 4) is 5.75 Å². The molecule has 0 saturated carbocycles. The van der Waals surface area contributed by atoms with Crippen LogP contribution in [-0.4, -0.2) is 36.0 Å². The molecule has 6 heteroatoms. The fraction of sp³-hybridized carbons (Fsp3) is 0.406. The molecule has 0 amide bonds. The van der Waals surface area contributed by atoms with Gasteiger partial charge in [-0.25, -0.2) is 0 Å². The highest BCUT2D eigenvalue weighted by atomic mass is 35.5. The number of hydrogen-bond donors (Lipinski definition) is 1. The molecular weight excluding hydrogens is 516 g/mol. The van der Waals surface area contributed by atoms with Crippen LogP contribution in [0.1, 0.15) is 61.5 Å². The number of carbonyl (C=O) groups is 1. The van der Waals surface area contributed by atoms with Crippen molar-refractivity contribution in [3.63, 3.8) is 0 Å². The topological polar surface area (TPSA) is 55.8 Å². The lowest BCUT2D eigenvalue weighted by molar-refractivity contribution is -0.149. The second-order valence-corrected chi connectivity index (χ2v) is 11.3. The van der Waals surface area contributed by atoms with Crippen LogP contribution in [0.5, 0.6) is 5.75 Å². The minimum Gasteiger partial charge on any atom is -0.494 e. The van der Waals surface area contributed by atoms with Crippen molar-refractivity contribution >= 4 is 29.1 Å². The predicted molar refractivity (Wildman–Crippen MR) is 155 cm³/mol. The molecule has 3 atom stereocenters. The summed E-state index contributed by atoms with van der Waals surface area (Å²) in [4.78, 5) is 14.7. The fourth-order valence-corrected chi connectivity index (χ4v) is 6.20. The van der Waals surface area contributed by atoms with Crippen LogP contribution < -0.4 is 4.74 Å². The molecule has 0 spiro atoms. The third kappa shape index (κ3) is 7.63. The number of ketones is 1. The van der Waals surface area contributed by atoms with Crippen LogP contribution in [-0.2, 0) is 22.4 Å². The van der Waals surface area contributed by atoms with Crippen LogP contribution in [0, 0.1) is 5.92 Å². The van der Waals surface area contributed by atoms with E-state index in [0.29, 0.717) is 24.5 Å². The maximum Gasteiger partial charge on any atom is 0.169 e. The molecule has 0 radical (unpaired) electrons. The highest BCUT2D eigenvalue weighted by molar-refractivity contribution is 7.99. The molecule has 0 aromatic heterocycles. The maximum absolute atomic E-state index is 13.5. The first-order valence-electron chi connectivity index (χ1n) is 13.5. The van der Waals surface area contributed by atoms with Gasteiger partial charge in [0.1, 0.15) is 11.9 Å². The first kappa shape index (κ1) is 28.7. The number of benzene rings is 3. The van der Waals surface area contributed by atoms with E-state index in [0.717, 1.165) is 57.9 Å². The standard InChI is InChI=1S/C32H37ClO4S/c1-3-6-24-20-28(21-38-29-8-5-7-22(18-29)15-16-34)37-32(31(24)35)25-11-14-30(33)26(19-25)17-23-9-12-27(13-10-23)36-4-2/h5,7-14,18-19,24,28,32,34H,3-4,6,15-17,20-21H2,1-2H3. The fourth-order valence-electron chi connectivity index (χ4n) is 5.01. The van der Waals surface area contributed by atoms with Crippen LogP contribution >= 0.6 is 23.4 Å². The summed E-state index contributed by atoms with van der Waals surface area (Å²) >= 11 is 8.34. The average Bonchev–Trinajstić information content (AvgIpc) is 2.92. The van der Waals surface area contributed by atoms with Crippen LogP contribution in [0.15, 0.2) is 71.6 Å². The number of hydrogen-bond acceptors (Lipinski definition) is 5. The predicted octanol–water partition coefficient (Wildman–Crippen LogP) is 7.47. The molecule has 202 valence electrons. The lowest BCUT2D eigenvalue weighted by atomic mass is 9.84. The van der Waals surface area contributed by atoms with Crippen LogP contribution in [0.4, 0.5) is 0 Å². The van der Waals surface area contributed by atoms with Crippen LogP contribution in [0.3, 0.4) is 0 Å². The van der Waals surface area contributed by atoms with Gasteiger partial charge in [-0.05, 0) is 85.2 Å². The lowest BCUT2D eigenvalue weighted by Crippen LogP contribution is -2.37. The van der Waals surface area contributed by atoms with E-state index >= 15 is 0 Å². The molecule has 4 nitrogen and oxygen atoms in total. The van der Waals surface area contributed by atoms with Crippen molar-refractivity contribution in [2.45, 2.75) is 63.1 Å². The molecule has 3 aromatic rings. The summed E-state index contributed by atoms with van der Waals surface area (Å²) in [5.41, 5.74) is 4.11. The molecule has 1 saturated heterocycles. The van der Waals surface area contributed by atoms with Crippen molar-refractivity contribution in [1.29, 1.82) is 0 Å². The first-order chi connectivity index (χ1) is 18.5. The number of carbonyl (C=O) groups excluding carboxylic acids is 1. The zero-order chi connectivity index (χ0) is 26.9. The van der Waals surface area contributed by atoms with Crippen LogP contribution in [0.2, 0.25) is 5.02 Å². The Morgan fingerprint density at radius 2 is 1.87 bits per heavy atom. The first-order valence-corrected chi connectivity index (χ1v) is 14.9. The Morgan fingerprint density at radius 3 is 2.61 bits per heavy atom. The second kappa shape index (κ2) is 14.2. The van der Waals surface area contributed by atoms with Gasteiger partial charge < -0.3 is 14.6 Å². The molecule has 1 heterocycles. The highest BCUT2D eigenvalue weighted by Crippen LogP contribution is 2.37. The van der Waals surface area contributed by atoms with E-state index in [1.807, 2.05) is 49.4 Å². The minimum atomic E-state index is -0.581. The van der Waals surface area contributed by atoms with Crippen LogP contribution in [0.25, 0.3) is 0 Å². The van der Waals surface area contributed by atoms with Crippen molar-refractivity contribution in [2.24, 2.45) is 5.92 Å². The summed E-state index contributed by atoms with van der Waals surface area (Å²) in [5, 5.41) is 9.95. The molecule has 1 N–H and O–H groups in total. The average molecular weight is 553 g/mol. The Balaban J connectivity index is 1.50. The van der Waals surface area contributed by atoms with Gasteiger partial charge in [0, 0.05) is 28.2 Å². The van der Waals surface area contributed by atoms with E-state index in [4.69, 9.17) is 21.1 Å². The normalized spacial score (nSPS) is 19.5. The lowest BCUT2D eigenvalue weighted by Gasteiger charge is -2.34. The molecular formula is C32H37ClO4S. The van der Waals surface area contributed by atoms with Gasteiger partial charge in [-0.3, -0.25) is 4.79 Å². The zero-order valence-electron chi connectivity index (χ0n) is 22.2. The number of aliphatic hydroxyl groups excluding tert-OH is 1. The summed E-state index contributed by atoms with van der Waals surface area (Å²) in [7, 11) is 0. The third-order valence-electron chi connectivity index (χ3n) is 6.91. The maximum atomic E-state index is 13.5. The smallest absolute Gasteiger partial charge is 0.169 e. The van der Waals surface area contributed by atoms with Gasteiger partial charge >= 0.3 is 0 Å². The number of Topliss-reactive ketones (excluding diaryl/α,β-unsaturated/α-hetero) is 1. The largest absolute Gasteiger partial charge is 0.494 e. The van der Waals surface area contributed by atoms with Gasteiger partial charge in [0.05, 0.1) is 12.7 Å². The molecule has 3 aromatic carbocycles. The molecule has 1 fully saturated rings. The summed E-state index contributed by atoms with van der Waals surface area (Å²) in [5.74, 6) is 1.80. The van der Waals surface area contributed by atoms with E-state index in [1.54, 1.807) is 11.8 Å². The third-order valence-corrected chi connectivity index (χ3v) is 8.40. The molecule has 38 heavy (non-hydrogen) atoms. The molecule has 0 bridgehead atoms. The Bertz CT molecular complexity index is 1200. The quantitative estimate of drug-likeness (QED) is 0.236. The Hall–Kier alpha value is -2.31. The number of halogens is 1. The van der Waals surface area contributed by atoms with E-state index in [-0.39, 0.29) is 24.4 Å². The Labute approximate surface area is 235 Å². The molecule has 1 aliphatic heterocycles. The number of thioether (sulfide) groups is 1. The van der Waals surface area contributed by atoms with Gasteiger partial charge in [-0.2, -0.15) is 0 Å². The van der Waals surface area contributed by atoms with Gasteiger partial charge in [-0.1, -0.05) is 61.3 Å². The Morgan fingerprint density at radius 1 is 1.05 bits per heavy atom. The van der Waals surface area contributed by atoms with E-state index in [2.05, 4.69) is 31.2 Å². The number of aliphatic hydroxyl groups is 1. The molecule has 1 aliphatic rings. The van der Waals surface area contributed by atoms with E-state index in [1.165, 1.54) is 0 Å². The summed E-state index contributed by atoms with van der Waals surface area (Å²) in [6, 6.07) is 22.2. The number of ether oxygens (including phenoxy) is 2. The van der Waals surface area contributed by atoms with E-state index < -0.39 is 6.10 Å². The summed E-state index contributed by atoms with van der Waals surface area (Å²) in [6.07, 6.45) is 3.31. The number of rotatable bonds is 12. The highest BCUT2D eigenvalue weighted by Gasteiger charge is 2.37. The Kier molecular flexibility index (Phi) is 10.7. The second-order valence-electron chi connectivity index (χ2n) is 9.80. The van der Waals surface area contributed by atoms with Crippen molar-refractivity contribution in [3.05, 3.63) is 94.0 Å². The van der Waals surface area contributed by atoms with Crippen molar-refractivity contribution in [2.75, 3.05) is 19.0 Å². The van der Waals surface area contributed by atoms with Crippen molar-refractivity contribution in [1.82, 2.24) is 0 Å². The molecule has 0 aliphatic carbocycles.